The number of anilines is 1. The van der Waals surface area contributed by atoms with Crippen molar-refractivity contribution in [2.24, 2.45) is 5.41 Å². The number of carbonyl (C=O) groups is 1. The number of carboxylic acids is 1. The van der Waals surface area contributed by atoms with Gasteiger partial charge in [0.2, 0.25) is 0 Å². The number of hydrogen-bond acceptors (Lipinski definition) is 5. The van der Waals surface area contributed by atoms with Gasteiger partial charge >= 0.3 is 5.97 Å². The highest BCUT2D eigenvalue weighted by Gasteiger charge is 2.46. The Kier molecular flexibility index (Phi) is 3.30. The van der Waals surface area contributed by atoms with E-state index in [1.807, 2.05) is 24.1 Å². The number of likely N-dealkylation sites (tertiary alicyclic amines) is 1. The summed E-state index contributed by atoms with van der Waals surface area (Å²) in [5, 5.41) is 10.4. The van der Waals surface area contributed by atoms with Crippen LogP contribution >= 0.6 is 0 Å². The van der Waals surface area contributed by atoms with Gasteiger partial charge in [0.25, 0.3) is 0 Å². The molecule has 1 spiro atoms. The van der Waals surface area contributed by atoms with Gasteiger partial charge in [-0.3, -0.25) is 9.69 Å². The monoisotopic (exact) mass is 315 g/mol. The molecule has 1 atom stereocenters. The molecule has 2 aromatic rings. The maximum atomic E-state index is 11.4. The van der Waals surface area contributed by atoms with Gasteiger partial charge in [-0.05, 0) is 43.9 Å². The third-order valence-corrected chi connectivity index (χ3v) is 5.51. The van der Waals surface area contributed by atoms with Crippen LogP contribution in [0.5, 0.6) is 0 Å². The first-order valence-electron chi connectivity index (χ1n) is 8.08. The van der Waals surface area contributed by atoms with E-state index in [9.17, 15) is 9.90 Å². The number of likely N-dealkylation sites (N-methyl/N-ethyl adjacent to an activating group) is 1. The summed E-state index contributed by atoms with van der Waals surface area (Å²) < 4.78 is 5.46. The van der Waals surface area contributed by atoms with Crippen LogP contribution in [0.15, 0.2) is 29.0 Å². The molecule has 4 rings (SSSR count). The Balaban J connectivity index is 1.52. The molecule has 2 saturated heterocycles. The van der Waals surface area contributed by atoms with Gasteiger partial charge in [-0.1, -0.05) is 0 Å². The summed E-state index contributed by atoms with van der Waals surface area (Å²) in [6.07, 6.45) is 6.27. The highest BCUT2D eigenvalue weighted by Crippen LogP contribution is 2.43. The van der Waals surface area contributed by atoms with Crippen LogP contribution in [0.3, 0.4) is 0 Å². The van der Waals surface area contributed by atoms with Gasteiger partial charge in [0.1, 0.15) is 17.4 Å². The number of nitrogens with zero attached hydrogens (tertiary/aromatic N) is 3. The maximum absolute atomic E-state index is 11.4. The fraction of sp³-hybridized carbons (Fsp3) is 0.529. The fourth-order valence-electron chi connectivity index (χ4n) is 4.23. The van der Waals surface area contributed by atoms with E-state index in [1.165, 1.54) is 0 Å². The molecule has 1 N–H and O–H groups in total. The van der Waals surface area contributed by atoms with E-state index in [-0.39, 0.29) is 11.5 Å². The van der Waals surface area contributed by atoms with Crippen LogP contribution in [-0.4, -0.2) is 53.7 Å². The minimum Gasteiger partial charge on any atom is -0.480 e. The van der Waals surface area contributed by atoms with E-state index in [4.69, 9.17) is 4.42 Å². The number of piperidine rings is 1. The van der Waals surface area contributed by atoms with Gasteiger partial charge < -0.3 is 14.4 Å². The molecule has 6 heteroatoms. The largest absolute Gasteiger partial charge is 0.480 e. The zero-order chi connectivity index (χ0) is 16.0. The normalized spacial score (nSPS) is 24.6. The first-order valence-corrected chi connectivity index (χ1v) is 8.08. The number of aliphatic carboxylic acids is 1. The van der Waals surface area contributed by atoms with Crippen molar-refractivity contribution in [3.63, 3.8) is 0 Å². The average molecular weight is 315 g/mol. The summed E-state index contributed by atoms with van der Waals surface area (Å²) in [5.74, 6) is 0.281. The highest BCUT2D eigenvalue weighted by atomic mass is 16.4. The molecule has 23 heavy (non-hydrogen) atoms. The van der Waals surface area contributed by atoms with E-state index >= 15 is 0 Å². The Morgan fingerprint density at radius 3 is 2.87 bits per heavy atom. The van der Waals surface area contributed by atoms with Crippen molar-refractivity contribution in [1.82, 2.24) is 9.88 Å². The van der Waals surface area contributed by atoms with E-state index in [0.29, 0.717) is 0 Å². The number of furan rings is 1. The fourth-order valence-corrected chi connectivity index (χ4v) is 4.23. The van der Waals surface area contributed by atoms with Crippen molar-refractivity contribution in [2.45, 2.75) is 25.3 Å². The van der Waals surface area contributed by atoms with Crippen LogP contribution < -0.4 is 4.90 Å². The average Bonchev–Trinajstić information content (AvgIpc) is 3.13. The summed E-state index contributed by atoms with van der Waals surface area (Å²) in [4.78, 5) is 20.2. The summed E-state index contributed by atoms with van der Waals surface area (Å²) in [7, 11) is 1.92. The summed E-state index contributed by atoms with van der Waals surface area (Å²) >= 11 is 0. The number of rotatable bonds is 2. The van der Waals surface area contributed by atoms with Gasteiger partial charge in [0, 0.05) is 25.8 Å². The van der Waals surface area contributed by atoms with Crippen molar-refractivity contribution in [3.8, 4) is 0 Å². The SMILES string of the molecule is CN1CC2(CCN(c3nccc4occc34)CC2)CC1C(=O)O. The molecule has 1 unspecified atom stereocenters. The van der Waals surface area contributed by atoms with Crippen LogP contribution in [0.4, 0.5) is 5.82 Å². The van der Waals surface area contributed by atoms with Crippen molar-refractivity contribution in [1.29, 1.82) is 0 Å². The Morgan fingerprint density at radius 2 is 2.17 bits per heavy atom. The van der Waals surface area contributed by atoms with E-state index < -0.39 is 5.97 Å². The molecule has 0 radical (unpaired) electrons. The highest BCUT2D eigenvalue weighted by molar-refractivity contribution is 5.88. The molecule has 0 bridgehead atoms. The Bertz CT molecular complexity index is 734. The number of pyridine rings is 1. The number of carboxylic acid groups (broad SMARTS) is 1. The molecule has 0 aromatic carbocycles. The molecular formula is C17H21N3O3. The van der Waals surface area contributed by atoms with Gasteiger partial charge in [-0.2, -0.15) is 0 Å². The first kappa shape index (κ1) is 14.5. The maximum Gasteiger partial charge on any atom is 0.320 e. The lowest BCUT2D eigenvalue weighted by atomic mass is 9.76. The predicted molar refractivity (Wildman–Crippen MR) is 86.6 cm³/mol. The van der Waals surface area contributed by atoms with Gasteiger partial charge in [0.05, 0.1) is 11.6 Å². The van der Waals surface area contributed by atoms with Crippen molar-refractivity contribution >= 4 is 22.8 Å². The second kappa shape index (κ2) is 5.23. The van der Waals surface area contributed by atoms with E-state index in [2.05, 4.69) is 9.88 Å². The van der Waals surface area contributed by atoms with Crippen molar-refractivity contribution in [3.05, 3.63) is 24.6 Å². The molecule has 4 heterocycles. The van der Waals surface area contributed by atoms with Gasteiger partial charge in [-0.15, -0.1) is 0 Å². The standard InChI is InChI=1S/C17H21N3O3/c1-19-11-17(10-13(19)16(21)22)4-7-20(8-5-17)15-12-3-9-23-14(12)2-6-18-15/h2-3,6,9,13H,4-5,7-8,10-11H2,1H3,(H,21,22). The lowest BCUT2D eigenvalue weighted by Gasteiger charge is -2.39. The Morgan fingerprint density at radius 1 is 1.39 bits per heavy atom. The third-order valence-electron chi connectivity index (χ3n) is 5.51. The summed E-state index contributed by atoms with van der Waals surface area (Å²) in [5.41, 5.74) is 1.00. The minimum absolute atomic E-state index is 0.137. The third kappa shape index (κ3) is 2.37. The first-order chi connectivity index (χ1) is 11.1. The zero-order valence-electron chi connectivity index (χ0n) is 13.2. The molecule has 2 aliphatic rings. The Hall–Kier alpha value is -2.08. The molecule has 0 amide bonds. The lowest BCUT2D eigenvalue weighted by Crippen LogP contribution is -2.41. The quantitative estimate of drug-likeness (QED) is 0.916. The predicted octanol–water partition coefficient (Wildman–Crippen LogP) is 2.20. The second-order valence-corrected chi connectivity index (χ2v) is 6.93. The van der Waals surface area contributed by atoms with Crippen LogP contribution in [0.25, 0.3) is 11.0 Å². The van der Waals surface area contributed by atoms with Gasteiger partial charge in [0.15, 0.2) is 0 Å². The summed E-state index contributed by atoms with van der Waals surface area (Å²) in [6.45, 7) is 2.70. The molecule has 2 aromatic heterocycles. The second-order valence-electron chi connectivity index (χ2n) is 6.93. The molecule has 0 aliphatic carbocycles. The molecular weight excluding hydrogens is 294 g/mol. The molecule has 2 fully saturated rings. The molecule has 2 aliphatic heterocycles. The van der Waals surface area contributed by atoms with Gasteiger partial charge in [-0.25, -0.2) is 4.98 Å². The molecule has 122 valence electrons. The summed E-state index contributed by atoms with van der Waals surface area (Å²) in [6, 6.07) is 3.51. The number of aromatic nitrogens is 1. The smallest absolute Gasteiger partial charge is 0.320 e. The lowest BCUT2D eigenvalue weighted by molar-refractivity contribution is -0.141. The van der Waals surface area contributed by atoms with Crippen molar-refractivity contribution < 1.29 is 14.3 Å². The molecule has 6 nitrogen and oxygen atoms in total. The zero-order valence-corrected chi connectivity index (χ0v) is 13.2. The van der Waals surface area contributed by atoms with E-state index in [1.54, 1.807) is 12.5 Å². The number of fused-ring (bicyclic) bond motifs is 1. The molecule has 0 saturated carbocycles. The topological polar surface area (TPSA) is 69.8 Å². The minimum atomic E-state index is -0.698. The number of hydrogen-bond donors (Lipinski definition) is 1. The Labute approximate surface area is 134 Å². The van der Waals surface area contributed by atoms with Crippen LogP contribution in [0.1, 0.15) is 19.3 Å². The van der Waals surface area contributed by atoms with Crippen LogP contribution in [0.2, 0.25) is 0 Å². The van der Waals surface area contributed by atoms with E-state index in [0.717, 1.165) is 55.7 Å². The van der Waals surface area contributed by atoms with Crippen LogP contribution in [0, 0.1) is 5.41 Å². The van der Waals surface area contributed by atoms with Crippen LogP contribution in [-0.2, 0) is 4.79 Å². The van der Waals surface area contributed by atoms with Crippen molar-refractivity contribution in [2.75, 3.05) is 31.6 Å².